The van der Waals surface area contributed by atoms with E-state index in [2.05, 4.69) is 12.2 Å². The molecule has 0 aliphatic carbocycles. The quantitative estimate of drug-likeness (QED) is 0.785. The van der Waals surface area contributed by atoms with Crippen LogP contribution < -0.4 is 16.6 Å². The number of carbonyl (C=O) groups excluding carboxylic acids is 1. The second-order valence-corrected chi connectivity index (χ2v) is 6.81. The van der Waals surface area contributed by atoms with Crippen LogP contribution in [0.4, 0.5) is 0 Å². The molecule has 0 aliphatic heterocycles. The molecule has 1 amide bonds. The summed E-state index contributed by atoms with van der Waals surface area (Å²) in [7, 11) is 0. The fourth-order valence-corrected chi connectivity index (χ4v) is 3.36. The van der Waals surface area contributed by atoms with E-state index >= 15 is 0 Å². The highest BCUT2D eigenvalue weighted by molar-refractivity contribution is 7.17. The van der Waals surface area contributed by atoms with Gasteiger partial charge in [0, 0.05) is 12.6 Å². The number of nitrogens with zero attached hydrogens (tertiary/aromatic N) is 2. The van der Waals surface area contributed by atoms with Crippen LogP contribution in [-0.4, -0.2) is 21.1 Å². The van der Waals surface area contributed by atoms with Gasteiger partial charge in [0.05, 0.1) is 5.52 Å². The van der Waals surface area contributed by atoms with Crippen molar-refractivity contribution in [1.29, 1.82) is 0 Å². The summed E-state index contributed by atoms with van der Waals surface area (Å²) in [5.74, 6) is -0.324. The molecule has 126 valence electrons. The Kier molecular flexibility index (Phi) is 5.76. The largest absolute Gasteiger partial charge is 0.352 e. The minimum Gasteiger partial charge on any atom is -0.352 e. The van der Waals surface area contributed by atoms with Crippen molar-refractivity contribution in [2.24, 2.45) is 0 Å². The molecule has 0 spiro atoms. The van der Waals surface area contributed by atoms with Crippen molar-refractivity contribution in [2.45, 2.75) is 59.2 Å². The normalized spacial score (nSPS) is 11.3. The Morgan fingerprint density at radius 1 is 1.26 bits per heavy atom. The fourth-order valence-electron chi connectivity index (χ4n) is 2.52. The molecule has 0 bridgehead atoms. The highest BCUT2D eigenvalue weighted by atomic mass is 32.1. The number of hydrogen-bond acceptors (Lipinski definition) is 4. The van der Waals surface area contributed by atoms with Gasteiger partial charge in [-0.2, -0.15) is 0 Å². The lowest BCUT2D eigenvalue weighted by atomic mass is 10.2. The Labute approximate surface area is 138 Å². The summed E-state index contributed by atoms with van der Waals surface area (Å²) in [5.41, 5.74) is -0.122. The van der Waals surface area contributed by atoms with E-state index in [4.69, 9.17) is 0 Å². The molecule has 0 saturated heterocycles. The van der Waals surface area contributed by atoms with E-state index < -0.39 is 5.69 Å². The first-order chi connectivity index (χ1) is 11.0. The van der Waals surface area contributed by atoms with Gasteiger partial charge in [-0.1, -0.05) is 19.8 Å². The smallest absolute Gasteiger partial charge is 0.332 e. The van der Waals surface area contributed by atoms with Crippen LogP contribution in [0, 0.1) is 0 Å². The van der Waals surface area contributed by atoms with Crippen molar-refractivity contribution in [3.05, 3.63) is 32.3 Å². The van der Waals surface area contributed by atoms with Crippen LogP contribution in [-0.2, 0) is 17.9 Å². The molecule has 23 heavy (non-hydrogen) atoms. The molecule has 7 heteroatoms. The number of hydrogen-bond donors (Lipinski definition) is 1. The van der Waals surface area contributed by atoms with Crippen LogP contribution in [0.1, 0.15) is 40.0 Å². The van der Waals surface area contributed by atoms with E-state index in [-0.39, 0.29) is 24.1 Å². The molecule has 0 unspecified atom stereocenters. The molecule has 0 saturated carbocycles. The number of carbonyl (C=O) groups is 1. The van der Waals surface area contributed by atoms with Gasteiger partial charge in [0.25, 0.3) is 5.56 Å². The lowest BCUT2D eigenvalue weighted by molar-refractivity contribution is -0.122. The van der Waals surface area contributed by atoms with Crippen molar-refractivity contribution in [2.75, 3.05) is 0 Å². The second-order valence-electron chi connectivity index (χ2n) is 5.89. The second kappa shape index (κ2) is 7.59. The summed E-state index contributed by atoms with van der Waals surface area (Å²) < 4.78 is 3.19. The maximum atomic E-state index is 12.7. The minimum absolute atomic E-state index is 0.0320. The molecular formula is C16H23N3O3S. The molecular weight excluding hydrogens is 314 g/mol. The third kappa shape index (κ3) is 3.90. The number of aromatic nitrogens is 2. The van der Waals surface area contributed by atoms with E-state index in [0.717, 1.165) is 23.8 Å². The highest BCUT2D eigenvalue weighted by Gasteiger charge is 2.16. The molecule has 6 nitrogen and oxygen atoms in total. The first-order valence-electron chi connectivity index (χ1n) is 7.96. The Hall–Kier alpha value is -1.89. The molecule has 0 atom stereocenters. The van der Waals surface area contributed by atoms with Crippen molar-refractivity contribution >= 4 is 27.5 Å². The Bertz CT molecular complexity index is 801. The zero-order valence-electron chi connectivity index (χ0n) is 13.8. The molecule has 2 heterocycles. The molecule has 2 aromatic heterocycles. The summed E-state index contributed by atoms with van der Waals surface area (Å²) >= 11 is 1.31. The van der Waals surface area contributed by atoms with Gasteiger partial charge >= 0.3 is 5.69 Å². The van der Waals surface area contributed by atoms with Crippen molar-refractivity contribution in [3.63, 3.8) is 0 Å². The van der Waals surface area contributed by atoms with Gasteiger partial charge in [0.1, 0.15) is 11.2 Å². The molecule has 0 aromatic carbocycles. The minimum atomic E-state index is -0.407. The lowest BCUT2D eigenvalue weighted by Gasteiger charge is -2.13. The molecule has 0 radical (unpaired) electrons. The predicted octanol–water partition coefficient (Wildman–Crippen LogP) is 1.94. The summed E-state index contributed by atoms with van der Waals surface area (Å²) in [5, 5.41) is 4.52. The third-order valence-corrected chi connectivity index (χ3v) is 4.46. The highest BCUT2D eigenvalue weighted by Crippen LogP contribution is 2.15. The molecule has 2 aromatic rings. The number of nitrogens with one attached hydrogen (secondary N) is 1. The zero-order valence-corrected chi connectivity index (χ0v) is 14.6. The molecule has 0 fully saturated rings. The van der Waals surface area contributed by atoms with E-state index in [1.807, 2.05) is 13.8 Å². The Morgan fingerprint density at radius 3 is 2.65 bits per heavy atom. The SMILES string of the molecule is CCCCCn1c(=O)n(CC(=O)NC(C)C)c(=O)c2sccc21. The number of rotatable bonds is 7. The molecule has 2 rings (SSSR count). The van der Waals surface area contributed by atoms with Crippen LogP contribution in [0.5, 0.6) is 0 Å². The fraction of sp³-hybridized carbons (Fsp3) is 0.562. The van der Waals surface area contributed by atoms with E-state index in [0.29, 0.717) is 16.8 Å². The van der Waals surface area contributed by atoms with Gasteiger partial charge < -0.3 is 5.32 Å². The van der Waals surface area contributed by atoms with E-state index in [1.165, 1.54) is 11.3 Å². The Balaban J connectivity index is 2.45. The topological polar surface area (TPSA) is 73.1 Å². The van der Waals surface area contributed by atoms with Gasteiger partial charge in [-0.25, -0.2) is 9.36 Å². The van der Waals surface area contributed by atoms with Gasteiger partial charge in [-0.05, 0) is 31.7 Å². The van der Waals surface area contributed by atoms with Crippen molar-refractivity contribution in [1.82, 2.24) is 14.5 Å². The average molecular weight is 337 g/mol. The van der Waals surface area contributed by atoms with Crippen LogP contribution in [0.2, 0.25) is 0 Å². The lowest BCUT2D eigenvalue weighted by Crippen LogP contribution is -2.44. The first kappa shape index (κ1) is 17.5. The van der Waals surface area contributed by atoms with Crippen molar-refractivity contribution in [3.8, 4) is 0 Å². The van der Waals surface area contributed by atoms with Crippen LogP contribution in [0.3, 0.4) is 0 Å². The summed E-state index contributed by atoms with van der Waals surface area (Å²) in [6, 6.07) is 1.77. The third-order valence-electron chi connectivity index (χ3n) is 3.57. The number of fused-ring (bicyclic) bond motifs is 1. The van der Waals surface area contributed by atoms with E-state index in [1.54, 1.807) is 16.0 Å². The van der Waals surface area contributed by atoms with Gasteiger partial charge in [0.2, 0.25) is 5.91 Å². The summed E-state index contributed by atoms with van der Waals surface area (Å²) in [6.07, 6.45) is 2.95. The number of amides is 1. The van der Waals surface area contributed by atoms with E-state index in [9.17, 15) is 14.4 Å². The Morgan fingerprint density at radius 2 is 2.00 bits per heavy atom. The zero-order chi connectivity index (χ0) is 17.0. The van der Waals surface area contributed by atoms with Crippen LogP contribution >= 0.6 is 11.3 Å². The maximum absolute atomic E-state index is 12.7. The van der Waals surface area contributed by atoms with Crippen LogP contribution in [0.15, 0.2) is 21.0 Å². The standard InChI is InChI=1S/C16H23N3O3S/c1-4-5-6-8-18-12-7-9-23-14(12)15(21)19(16(18)22)10-13(20)17-11(2)3/h7,9,11H,4-6,8,10H2,1-3H3,(H,17,20). The summed E-state index contributed by atoms with van der Waals surface area (Å²) in [6.45, 7) is 6.10. The first-order valence-corrected chi connectivity index (χ1v) is 8.83. The maximum Gasteiger partial charge on any atom is 0.332 e. The molecule has 0 aliphatic rings. The van der Waals surface area contributed by atoms with Gasteiger partial charge in [0.15, 0.2) is 0 Å². The predicted molar refractivity (Wildman–Crippen MR) is 93.1 cm³/mol. The summed E-state index contributed by atoms with van der Waals surface area (Å²) in [4.78, 5) is 37.1. The average Bonchev–Trinajstić information content (AvgIpc) is 2.96. The number of unbranched alkanes of at least 4 members (excludes halogenated alkanes) is 2. The number of aryl methyl sites for hydroxylation is 1. The number of thiophene rings is 1. The van der Waals surface area contributed by atoms with Gasteiger partial charge in [-0.3, -0.25) is 14.2 Å². The molecule has 1 N–H and O–H groups in total. The monoisotopic (exact) mass is 337 g/mol. The van der Waals surface area contributed by atoms with Crippen LogP contribution in [0.25, 0.3) is 10.2 Å². The van der Waals surface area contributed by atoms with Gasteiger partial charge in [-0.15, -0.1) is 11.3 Å². The van der Waals surface area contributed by atoms with Crippen molar-refractivity contribution < 1.29 is 4.79 Å².